The molecule has 29 heavy (non-hydrogen) atoms. The van der Waals surface area contributed by atoms with Gasteiger partial charge in [0.25, 0.3) is 0 Å². The largest absolute Gasteiger partial charge is 0.486 e. The summed E-state index contributed by atoms with van der Waals surface area (Å²) in [5.41, 5.74) is 3.50. The van der Waals surface area contributed by atoms with Crippen LogP contribution in [-0.2, 0) is 4.79 Å². The van der Waals surface area contributed by atoms with Crippen LogP contribution in [-0.4, -0.2) is 40.5 Å². The van der Waals surface area contributed by atoms with Gasteiger partial charge in [-0.3, -0.25) is 9.36 Å². The van der Waals surface area contributed by atoms with E-state index in [0.29, 0.717) is 18.9 Å². The number of aryl methyl sites for hydroxylation is 1. The Balaban J connectivity index is 1.31. The SMILES string of the molecule is Cc1cccc(-n2ccnc2SCC(=O)NCC2COc3ccccc3O2)c1C. The van der Waals surface area contributed by atoms with Crippen LogP contribution in [0.25, 0.3) is 5.69 Å². The number of hydrogen-bond acceptors (Lipinski definition) is 5. The van der Waals surface area contributed by atoms with Gasteiger partial charge in [0.2, 0.25) is 5.91 Å². The fourth-order valence-corrected chi connectivity index (χ4v) is 3.94. The van der Waals surface area contributed by atoms with Gasteiger partial charge in [-0.1, -0.05) is 36.0 Å². The highest BCUT2D eigenvalue weighted by Crippen LogP contribution is 2.30. The van der Waals surface area contributed by atoms with Crippen LogP contribution < -0.4 is 14.8 Å². The normalized spacial score (nSPS) is 15.2. The van der Waals surface area contributed by atoms with Crippen LogP contribution in [0, 0.1) is 13.8 Å². The first-order valence-electron chi connectivity index (χ1n) is 9.50. The maximum atomic E-state index is 12.3. The number of rotatable bonds is 6. The number of amides is 1. The monoisotopic (exact) mass is 409 g/mol. The van der Waals surface area contributed by atoms with E-state index in [9.17, 15) is 4.79 Å². The maximum Gasteiger partial charge on any atom is 0.230 e. The molecule has 4 rings (SSSR count). The average molecular weight is 410 g/mol. The quantitative estimate of drug-likeness (QED) is 0.631. The minimum Gasteiger partial charge on any atom is -0.486 e. The summed E-state index contributed by atoms with van der Waals surface area (Å²) in [6.45, 7) is 5.00. The number of carbonyl (C=O) groups is 1. The zero-order chi connectivity index (χ0) is 20.2. The van der Waals surface area contributed by atoms with Gasteiger partial charge in [-0.05, 0) is 43.2 Å². The number of ether oxygens (including phenoxy) is 2. The summed E-state index contributed by atoms with van der Waals surface area (Å²) in [7, 11) is 0. The van der Waals surface area contributed by atoms with Crippen molar-refractivity contribution in [2.45, 2.75) is 25.1 Å². The van der Waals surface area contributed by atoms with Gasteiger partial charge in [0.05, 0.1) is 18.0 Å². The van der Waals surface area contributed by atoms with Crippen molar-refractivity contribution in [3.8, 4) is 17.2 Å². The van der Waals surface area contributed by atoms with E-state index in [1.54, 1.807) is 6.20 Å². The Morgan fingerprint density at radius 1 is 1.21 bits per heavy atom. The van der Waals surface area contributed by atoms with Crippen molar-refractivity contribution in [1.82, 2.24) is 14.9 Å². The number of para-hydroxylation sites is 2. The Bertz CT molecular complexity index is 1020. The van der Waals surface area contributed by atoms with Crippen LogP contribution in [0.15, 0.2) is 60.0 Å². The van der Waals surface area contributed by atoms with Crippen LogP contribution in [0.4, 0.5) is 0 Å². The summed E-state index contributed by atoms with van der Waals surface area (Å²) in [5.74, 6) is 1.67. The van der Waals surface area contributed by atoms with Crippen LogP contribution >= 0.6 is 11.8 Å². The number of carbonyl (C=O) groups excluding carboxylic acids is 1. The van der Waals surface area contributed by atoms with Gasteiger partial charge in [-0.25, -0.2) is 4.98 Å². The Labute approximate surface area is 174 Å². The summed E-state index contributed by atoms with van der Waals surface area (Å²) in [6, 6.07) is 13.7. The lowest BCUT2D eigenvalue weighted by Gasteiger charge is -2.26. The number of fused-ring (bicyclic) bond motifs is 1. The zero-order valence-corrected chi connectivity index (χ0v) is 17.2. The molecule has 1 atom stereocenters. The molecule has 0 fully saturated rings. The molecule has 0 spiro atoms. The fraction of sp³-hybridized carbons (Fsp3) is 0.273. The molecular weight excluding hydrogens is 386 g/mol. The third-order valence-corrected chi connectivity index (χ3v) is 5.84. The van der Waals surface area contributed by atoms with Crippen molar-refractivity contribution >= 4 is 17.7 Å². The van der Waals surface area contributed by atoms with Crippen LogP contribution in [0.3, 0.4) is 0 Å². The van der Waals surface area contributed by atoms with Crippen LogP contribution in [0.5, 0.6) is 11.5 Å². The molecule has 2 heterocycles. The second-order valence-electron chi connectivity index (χ2n) is 6.89. The number of imidazole rings is 1. The predicted molar refractivity (Wildman–Crippen MR) is 113 cm³/mol. The van der Waals surface area contributed by atoms with Crippen LogP contribution in [0.1, 0.15) is 11.1 Å². The molecule has 1 amide bonds. The Morgan fingerprint density at radius 2 is 2.03 bits per heavy atom. The summed E-state index contributed by atoms with van der Waals surface area (Å²) in [5, 5.41) is 3.72. The highest BCUT2D eigenvalue weighted by Gasteiger charge is 2.21. The smallest absolute Gasteiger partial charge is 0.230 e. The molecule has 150 valence electrons. The van der Waals surface area contributed by atoms with Gasteiger partial charge >= 0.3 is 0 Å². The second-order valence-corrected chi connectivity index (χ2v) is 7.83. The summed E-state index contributed by atoms with van der Waals surface area (Å²) in [4.78, 5) is 16.7. The lowest BCUT2D eigenvalue weighted by molar-refractivity contribution is -0.119. The molecule has 6 nitrogen and oxygen atoms in total. The first-order valence-corrected chi connectivity index (χ1v) is 10.5. The number of thioether (sulfide) groups is 1. The van der Waals surface area contributed by atoms with Gasteiger partial charge in [0.1, 0.15) is 12.7 Å². The summed E-state index contributed by atoms with van der Waals surface area (Å²) in [6.07, 6.45) is 3.48. The zero-order valence-electron chi connectivity index (χ0n) is 16.4. The third-order valence-electron chi connectivity index (χ3n) is 4.87. The minimum atomic E-state index is -0.198. The van der Waals surface area contributed by atoms with E-state index in [1.807, 2.05) is 41.1 Å². The van der Waals surface area contributed by atoms with E-state index in [-0.39, 0.29) is 17.8 Å². The maximum absolute atomic E-state index is 12.3. The number of benzene rings is 2. The lowest BCUT2D eigenvalue weighted by Crippen LogP contribution is -2.41. The van der Waals surface area contributed by atoms with E-state index in [1.165, 1.54) is 22.9 Å². The van der Waals surface area contributed by atoms with E-state index in [2.05, 4.69) is 36.3 Å². The summed E-state index contributed by atoms with van der Waals surface area (Å²) < 4.78 is 13.6. The highest BCUT2D eigenvalue weighted by atomic mass is 32.2. The highest BCUT2D eigenvalue weighted by molar-refractivity contribution is 7.99. The van der Waals surface area contributed by atoms with Gasteiger partial charge in [-0.15, -0.1) is 0 Å². The van der Waals surface area contributed by atoms with E-state index in [0.717, 1.165) is 16.6 Å². The molecule has 0 saturated carbocycles. The van der Waals surface area contributed by atoms with Crippen molar-refractivity contribution in [2.24, 2.45) is 0 Å². The molecule has 0 bridgehead atoms. The number of nitrogens with zero attached hydrogens (tertiary/aromatic N) is 2. The number of hydrogen-bond donors (Lipinski definition) is 1. The molecule has 1 unspecified atom stereocenters. The Morgan fingerprint density at radius 3 is 2.90 bits per heavy atom. The van der Waals surface area contributed by atoms with Gasteiger partial charge < -0.3 is 14.8 Å². The van der Waals surface area contributed by atoms with Gasteiger partial charge in [-0.2, -0.15) is 0 Å². The molecule has 2 aromatic carbocycles. The molecular formula is C22H23N3O3S. The molecule has 0 aliphatic carbocycles. The molecule has 1 aromatic heterocycles. The third kappa shape index (κ3) is 4.40. The lowest BCUT2D eigenvalue weighted by atomic mass is 10.1. The van der Waals surface area contributed by atoms with E-state index >= 15 is 0 Å². The van der Waals surface area contributed by atoms with Crippen molar-refractivity contribution in [3.05, 3.63) is 66.0 Å². The number of nitrogens with one attached hydrogen (secondary N) is 1. The molecule has 3 aromatic rings. The average Bonchev–Trinajstić information content (AvgIpc) is 3.21. The Kier molecular flexibility index (Phi) is 5.76. The second kappa shape index (κ2) is 8.61. The molecule has 1 N–H and O–H groups in total. The van der Waals surface area contributed by atoms with Crippen molar-refractivity contribution < 1.29 is 14.3 Å². The number of aromatic nitrogens is 2. The summed E-state index contributed by atoms with van der Waals surface area (Å²) >= 11 is 1.41. The molecule has 1 aliphatic rings. The standard InChI is InChI=1S/C22H23N3O3S/c1-15-6-5-7-18(16(15)2)25-11-10-23-22(25)29-14-21(26)24-12-17-13-27-19-8-3-4-9-20(19)28-17/h3-11,17H,12-14H2,1-2H3,(H,24,26). The van der Waals surface area contributed by atoms with E-state index in [4.69, 9.17) is 9.47 Å². The molecule has 0 saturated heterocycles. The van der Waals surface area contributed by atoms with Crippen molar-refractivity contribution in [1.29, 1.82) is 0 Å². The minimum absolute atomic E-state index is 0.0621. The molecule has 0 radical (unpaired) electrons. The van der Waals surface area contributed by atoms with Gasteiger partial charge in [0.15, 0.2) is 16.7 Å². The van der Waals surface area contributed by atoms with Gasteiger partial charge in [0, 0.05) is 12.4 Å². The predicted octanol–water partition coefficient (Wildman–Crippen LogP) is 3.54. The first-order chi connectivity index (χ1) is 14.1. The van der Waals surface area contributed by atoms with E-state index < -0.39 is 0 Å². The fourth-order valence-electron chi connectivity index (χ4n) is 3.15. The molecule has 7 heteroatoms. The van der Waals surface area contributed by atoms with Crippen LogP contribution in [0.2, 0.25) is 0 Å². The van der Waals surface area contributed by atoms with Crippen molar-refractivity contribution in [3.63, 3.8) is 0 Å². The first kappa shape index (κ1) is 19.4. The topological polar surface area (TPSA) is 65.4 Å². The van der Waals surface area contributed by atoms with Crippen molar-refractivity contribution in [2.75, 3.05) is 18.9 Å². The molecule has 1 aliphatic heterocycles. The Hall–Kier alpha value is -2.93.